The number of rotatable bonds is 4. The summed E-state index contributed by atoms with van der Waals surface area (Å²) in [6, 6.07) is 7.08. The summed E-state index contributed by atoms with van der Waals surface area (Å²) in [6.07, 6.45) is -0.0566. The van der Waals surface area contributed by atoms with Crippen molar-refractivity contribution in [2.75, 3.05) is 0 Å². The minimum atomic E-state index is -2.23. The van der Waals surface area contributed by atoms with Crippen molar-refractivity contribution >= 4 is 40.3 Å². The molecule has 1 rings (SSSR count). The number of hydrogen-bond acceptors (Lipinski definition) is 2. The first-order valence-electron chi connectivity index (χ1n) is 4.35. The molecule has 0 saturated heterocycles. The zero-order valence-corrected chi connectivity index (χ0v) is 11.0. The monoisotopic (exact) mass is 340 g/mol. The van der Waals surface area contributed by atoms with E-state index in [2.05, 4.69) is 22.6 Å². The fourth-order valence-corrected chi connectivity index (χ4v) is 2.19. The lowest BCUT2D eigenvalue weighted by atomic mass is 10.3. The van der Waals surface area contributed by atoms with Crippen molar-refractivity contribution < 1.29 is 14.3 Å². The topological polar surface area (TPSA) is 37.3 Å². The van der Waals surface area contributed by atoms with Gasteiger partial charge >= 0.3 is 5.97 Å². The summed E-state index contributed by atoms with van der Waals surface area (Å²) in [6.45, 7) is 1.52. The number of carboxylic acid groups (broad SMARTS) is 1. The summed E-state index contributed by atoms with van der Waals surface area (Å²) in [5.74, 6) is -1.42. The molecule has 0 heterocycles. The SMILES string of the molecule is CCC(F)(Sc1ccc(I)cc1)C(=O)O. The van der Waals surface area contributed by atoms with Gasteiger partial charge in [0.1, 0.15) is 0 Å². The third kappa shape index (κ3) is 3.34. The zero-order chi connectivity index (χ0) is 11.5. The first kappa shape index (κ1) is 12.8. The van der Waals surface area contributed by atoms with Gasteiger partial charge in [-0.25, -0.2) is 9.18 Å². The van der Waals surface area contributed by atoms with Crippen molar-refractivity contribution in [3.63, 3.8) is 0 Å². The van der Waals surface area contributed by atoms with Crippen LogP contribution in [0.15, 0.2) is 29.2 Å². The number of thioether (sulfide) groups is 1. The number of carbonyl (C=O) groups is 1. The lowest BCUT2D eigenvalue weighted by molar-refractivity contribution is -0.144. The Labute approximate surface area is 105 Å². The van der Waals surface area contributed by atoms with Crippen LogP contribution in [0.25, 0.3) is 0 Å². The molecular weight excluding hydrogens is 330 g/mol. The summed E-state index contributed by atoms with van der Waals surface area (Å²) >= 11 is 2.88. The largest absolute Gasteiger partial charge is 0.478 e. The predicted molar refractivity (Wildman–Crippen MR) is 66.8 cm³/mol. The predicted octanol–water partition coefficient (Wildman–Crippen LogP) is 3.54. The van der Waals surface area contributed by atoms with Gasteiger partial charge in [-0.2, -0.15) is 0 Å². The third-order valence-electron chi connectivity index (χ3n) is 1.87. The Morgan fingerprint density at radius 3 is 2.47 bits per heavy atom. The number of aliphatic carboxylic acids is 1. The minimum Gasteiger partial charge on any atom is -0.478 e. The van der Waals surface area contributed by atoms with Crippen molar-refractivity contribution in [3.05, 3.63) is 27.8 Å². The summed E-state index contributed by atoms with van der Waals surface area (Å²) in [5.41, 5.74) is 0. The lowest BCUT2D eigenvalue weighted by Crippen LogP contribution is -2.28. The van der Waals surface area contributed by atoms with Crippen LogP contribution in [0.4, 0.5) is 4.39 Å². The summed E-state index contributed by atoms with van der Waals surface area (Å²) in [4.78, 5) is 11.4. The van der Waals surface area contributed by atoms with E-state index in [-0.39, 0.29) is 6.42 Å². The first-order chi connectivity index (χ1) is 6.98. The van der Waals surface area contributed by atoms with Crippen molar-refractivity contribution in [2.45, 2.75) is 23.2 Å². The number of benzene rings is 1. The second-order valence-electron chi connectivity index (χ2n) is 2.94. The number of carboxylic acids is 1. The molecule has 0 amide bonds. The van der Waals surface area contributed by atoms with Crippen LogP contribution < -0.4 is 0 Å². The van der Waals surface area contributed by atoms with Gasteiger partial charge in [0.05, 0.1) is 0 Å². The molecule has 0 aliphatic heterocycles. The van der Waals surface area contributed by atoms with E-state index in [1.807, 2.05) is 12.1 Å². The highest BCUT2D eigenvalue weighted by atomic mass is 127. The average molecular weight is 340 g/mol. The normalized spacial score (nSPS) is 14.6. The average Bonchev–Trinajstić information content (AvgIpc) is 2.21. The van der Waals surface area contributed by atoms with Crippen LogP contribution in [-0.2, 0) is 4.79 Å². The van der Waals surface area contributed by atoms with Crippen molar-refractivity contribution in [3.8, 4) is 0 Å². The van der Waals surface area contributed by atoms with Gasteiger partial charge in [-0.05, 0) is 53.3 Å². The second-order valence-corrected chi connectivity index (χ2v) is 5.51. The van der Waals surface area contributed by atoms with E-state index in [0.29, 0.717) is 4.90 Å². The molecule has 1 aromatic rings. The Hall–Kier alpha value is -0.300. The van der Waals surface area contributed by atoms with E-state index in [1.54, 1.807) is 12.1 Å². The Bertz CT molecular complexity index is 355. The highest BCUT2D eigenvalue weighted by Crippen LogP contribution is 2.37. The van der Waals surface area contributed by atoms with E-state index in [0.717, 1.165) is 15.3 Å². The first-order valence-corrected chi connectivity index (χ1v) is 6.24. The van der Waals surface area contributed by atoms with Gasteiger partial charge in [-0.1, -0.05) is 18.7 Å². The van der Waals surface area contributed by atoms with Crippen LogP contribution in [0.5, 0.6) is 0 Å². The molecule has 1 N–H and O–H groups in total. The van der Waals surface area contributed by atoms with Crippen LogP contribution >= 0.6 is 34.4 Å². The highest BCUT2D eigenvalue weighted by Gasteiger charge is 2.37. The highest BCUT2D eigenvalue weighted by molar-refractivity contribution is 14.1. The van der Waals surface area contributed by atoms with Gasteiger partial charge in [0, 0.05) is 8.47 Å². The third-order valence-corrected chi connectivity index (χ3v) is 3.88. The van der Waals surface area contributed by atoms with Gasteiger partial charge in [0.15, 0.2) is 0 Å². The molecule has 0 spiro atoms. The number of alkyl halides is 1. The van der Waals surface area contributed by atoms with E-state index in [1.165, 1.54) is 6.92 Å². The molecule has 0 fully saturated rings. The molecule has 5 heteroatoms. The molecule has 0 saturated carbocycles. The molecule has 2 nitrogen and oxygen atoms in total. The van der Waals surface area contributed by atoms with Crippen molar-refractivity contribution in [1.82, 2.24) is 0 Å². The number of hydrogen-bond donors (Lipinski definition) is 1. The van der Waals surface area contributed by atoms with E-state index in [9.17, 15) is 9.18 Å². The molecular formula is C10H10FIO2S. The fourth-order valence-electron chi connectivity index (χ4n) is 0.956. The van der Waals surface area contributed by atoms with Gasteiger partial charge in [0.25, 0.3) is 5.00 Å². The number of halogens is 2. The second kappa shape index (κ2) is 5.16. The molecule has 15 heavy (non-hydrogen) atoms. The van der Waals surface area contributed by atoms with Gasteiger partial charge < -0.3 is 5.11 Å². The van der Waals surface area contributed by atoms with Crippen LogP contribution in [0.1, 0.15) is 13.3 Å². The molecule has 0 aliphatic carbocycles. The zero-order valence-electron chi connectivity index (χ0n) is 8.04. The smallest absolute Gasteiger partial charge is 0.352 e. The van der Waals surface area contributed by atoms with Crippen molar-refractivity contribution in [2.24, 2.45) is 0 Å². The maximum absolute atomic E-state index is 13.8. The Balaban J connectivity index is 2.84. The Kier molecular flexibility index (Phi) is 4.39. The van der Waals surface area contributed by atoms with E-state index >= 15 is 0 Å². The molecule has 0 aromatic heterocycles. The summed E-state index contributed by atoms with van der Waals surface area (Å²) in [5, 5.41) is 6.52. The van der Waals surface area contributed by atoms with Gasteiger partial charge in [-0.15, -0.1) is 0 Å². The van der Waals surface area contributed by atoms with Crippen LogP contribution in [-0.4, -0.2) is 16.1 Å². The molecule has 1 aromatic carbocycles. The summed E-state index contributed by atoms with van der Waals surface area (Å²) < 4.78 is 14.8. The van der Waals surface area contributed by atoms with Crippen LogP contribution in [0, 0.1) is 3.57 Å². The molecule has 0 radical (unpaired) electrons. The van der Waals surface area contributed by atoms with Gasteiger partial charge in [0.2, 0.25) is 0 Å². The van der Waals surface area contributed by atoms with E-state index < -0.39 is 11.0 Å². The minimum absolute atomic E-state index is 0.0566. The molecule has 82 valence electrons. The fraction of sp³-hybridized carbons (Fsp3) is 0.300. The maximum Gasteiger partial charge on any atom is 0.352 e. The molecule has 1 atom stereocenters. The molecule has 0 bridgehead atoms. The standard InChI is InChI=1S/C10H10FIO2S/c1-2-10(11,9(13)14)15-8-5-3-7(12)4-6-8/h3-6H,2H2,1H3,(H,13,14). The molecule has 0 aliphatic rings. The van der Waals surface area contributed by atoms with Crippen LogP contribution in [0.3, 0.4) is 0 Å². The van der Waals surface area contributed by atoms with Gasteiger partial charge in [-0.3, -0.25) is 0 Å². The Morgan fingerprint density at radius 1 is 1.53 bits per heavy atom. The lowest BCUT2D eigenvalue weighted by Gasteiger charge is -2.17. The maximum atomic E-state index is 13.8. The quantitative estimate of drug-likeness (QED) is 0.673. The van der Waals surface area contributed by atoms with E-state index in [4.69, 9.17) is 5.11 Å². The summed E-state index contributed by atoms with van der Waals surface area (Å²) in [7, 11) is 0. The molecule has 1 unspecified atom stereocenters. The van der Waals surface area contributed by atoms with Crippen molar-refractivity contribution in [1.29, 1.82) is 0 Å². The van der Waals surface area contributed by atoms with Crippen LogP contribution in [0.2, 0.25) is 0 Å². The Morgan fingerprint density at radius 2 is 2.07 bits per heavy atom.